The van der Waals surface area contributed by atoms with Gasteiger partial charge in [0.05, 0.1) is 0 Å². The Kier molecular flexibility index (Phi) is 3.36. The molecule has 2 fully saturated rings. The summed E-state index contributed by atoms with van der Waals surface area (Å²) >= 11 is 0. The molecule has 3 atom stereocenters. The molecule has 5 nitrogen and oxygen atoms in total. The van der Waals surface area contributed by atoms with Crippen molar-refractivity contribution < 1.29 is 14.7 Å². The van der Waals surface area contributed by atoms with Gasteiger partial charge >= 0.3 is 5.97 Å². The van der Waals surface area contributed by atoms with Crippen molar-refractivity contribution in [2.24, 2.45) is 5.92 Å². The van der Waals surface area contributed by atoms with Gasteiger partial charge in [0.1, 0.15) is 6.04 Å². The van der Waals surface area contributed by atoms with Gasteiger partial charge in [-0.25, -0.2) is 4.79 Å². The molecule has 2 N–H and O–H groups in total. The van der Waals surface area contributed by atoms with Crippen LogP contribution in [-0.2, 0) is 4.79 Å². The normalized spacial score (nSPS) is 27.1. The summed E-state index contributed by atoms with van der Waals surface area (Å²) in [5.41, 5.74) is 1.50. The largest absolute Gasteiger partial charge is 0.480 e. The molecule has 0 spiro atoms. The summed E-state index contributed by atoms with van der Waals surface area (Å²) in [6.45, 7) is 0. The third-order valence-corrected chi connectivity index (χ3v) is 5.43. The molecule has 2 heterocycles. The first-order chi connectivity index (χ1) is 11.2. The Balaban J connectivity index is 1.75. The van der Waals surface area contributed by atoms with E-state index in [1.807, 2.05) is 24.4 Å². The van der Waals surface area contributed by atoms with E-state index in [-0.39, 0.29) is 11.9 Å². The quantitative estimate of drug-likeness (QED) is 0.895. The summed E-state index contributed by atoms with van der Waals surface area (Å²) in [7, 11) is 0. The first-order valence-corrected chi connectivity index (χ1v) is 8.28. The highest BCUT2D eigenvalue weighted by Gasteiger charge is 2.47. The zero-order chi connectivity index (χ0) is 16.0. The number of carboxylic acid groups (broad SMARTS) is 1. The predicted molar refractivity (Wildman–Crippen MR) is 86.3 cm³/mol. The van der Waals surface area contributed by atoms with Gasteiger partial charge in [0, 0.05) is 28.7 Å². The molecule has 1 aromatic carbocycles. The number of carbonyl (C=O) groups is 2. The number of aliphatic carboxylic acids is 1. The predicted octanol–water partition coefficient (Wildman–Crippen LogP) is 3.03. The molecule has 1 amide bonds. The molecule has 5 heteroatoms. The Hall–Kier alpha value is -2.30. The van der Waals surface area contributed by atoms with E-state index in [0.717, 1.165) is 36.6 Å². The molecule has 0 bridgehead atoms. The van der Waals surface area contributed by atoms with Crippen LogP contribution in [0, 0.1) is 5.92 Å². The number of nitrogens with one attached hydrogen (secondary N) is 1. The van der Waals surface area contributed by atoms with Crippen LogP contribution in [0.2, 0.25) is 0 Å². The van der Waals surface area contributed by atoms with E-state index in [2.05, 4.69) is 4.98 Å². The molecular formula is C18H20N2O3. The van der Waals surface area contributed by atoms with Crippen LogP contribution in [0.25, 0.3) is 10.9 Å². The number of carboxylic acids is 1. The van der Waals surface area contributed by atoms with E-state index >= 15 is 0 Å². The van der Waals surface area contributed by atoms with E-state index in [9.17, 15) is 14.7 Å². The number of carbonyl (C=O) groups excluding carboxylic acids is 1. The second-order valence-electron chi connectivity index (χ2n) is 6.66. The Bertz CT molecular complexity index is 766. The smallest absolute Gasteiger partial charge is 0.326 e. The fourth-order valence-electron chi connectivity index (χ4n) is 4.38. The third-order valence-electron chi connectivity index (χ3n) is 5.43. The maximum absolute atomic E-state index is 13.2. The molecule has 1 saturated carbocycles. The maximum atomic E-state index is 13.2. The van der Waals surface area contributed by atoms with E-state index in [1.165, 1.54) is 0 Å². The summed E-state index contributed by atoms with van der Waals surface area (Å²) in [6, 6.07) is 6.83. The lowest BCUT2D eigenvalue weighted by Gasteiger charge is -2.33. The summed E-state index contributed by atoms with van der Waals surface area (Å²) in [5, 5.41) is 10.5. The van der Waals surface area contributed by atoms with Crippen LogP contribution in [0.5, 0.6) is 0 Å². The number of amides is 1. The SMILES string of the molecule is O=C(O)[C@@H]1C[C@@H]2CCCC[C@H]2N1C(=O)c1cccc2[nH]ccc12. The molecule has 1 aliphatic heterocycles. The number of aromatic amines is 1. The minimum atomic E-state index is -0.881. The lowest BCUT2D eigenvalue weighted by Crippen LogP contribution is -2.46. The number of H-pyrrole nitrogens is 1. The van der Waals surface area contributed by atoms with Gasteiger partial charge in [-0.15, -0.1) is 0 Å². The van der Waals surface area contributed by atoms with Gasteiger partial charge in [-0.3, -0.25) is 4.79 Å². The highest BCUT2D eigenvalue weighted by atomic mass is 16.4. The number of likely N-dealkylation sites (tertiary alicyclic amines) is 1. The molecule has 1 aliphatic carbocycles. The average Bonchev–Trinajstić information content (AvgIpc) is 3.18. The first-order valence-electron chi connectivity index (χ1n) is 8.28. The Morgan fingerprint density at radius 2 is 2.00 bits per heavy atom. The van der Waals surface area contributed by atoms with Gasteiger partial charge in [0.25, 0.3) is 5.91 Å². The fraction of sp³-hybridized carbons (Fsp3) is 0.444. The topological polar surface area (TPSA) is 73.4 Å². The van der Waals surface area contributed by atoms with Gasteiger partial charge in [-0.05, 0) is 43.4 Å². The second kappa shape index (κ2) is 5.41. The van der Waals surface area contributed by atoms with E-state index in [1.54, 1.807) is 11.0 Å². The first kappa shape index (κ1) is 14.3. The molecular weight excluding hydrogens is 292 g/mol. The van der Waals surface area contributed by atoms with Crippen molar-refractivity contribution in [2.45, 2.75) is 44.2 Å². The lowest BCUT2D eigenvalue weighted by atomic mass is 9.84. The van der Waals surface area contributed by atoms with Gasteiger partial charge in [-0.2, -0.15) is 0 Å². The molecule has 1 saturated heterocycles. The fourth-order valence-corrected chi connectivity index (χ4v) is 4.38. The molecule has 4 rings (SSSR count). The number of aromatic nitrogens is 1. The molecule has 1 aromatic heterocycles. The summed E-state index contributed by atoms with van der Waals surface area (Å²) in [5.74, 6) is -0.690. The number of benzene rings is 1. The maximum Gasteiger partial charge on any atom is 0.326 e. The van der Waals surface area contributed by atoms with Crippen molar-refractivity contribution in [1.29, 1.82) is 0 Å². The standard InChI is InChI=1S/C18H20N2O3/c21-17(13-5-3-6-14-12(13)8-9-19-14)20-15-7-2-1-4-11(15)10-16(20)18(22)23/h3,5-6,8-9,11,15-16,19H,1-2,4,7,10H2,(H,22,23)/t11-,15+,16-/m0/s1. The minimum Gasteiger partial charge on any atom is -0.480 e. The van der Waals surface area contributed by atoms with Crippen molar-refractivity contribution in [2.75, 3.05) is 0 Å². The van der Waals surface area contributed by atoms with Crippen LogP contribution in [-0.4, -0.2) is 39.0 Å². The molecule has 2 aliphatic rings. The van der Waals surface area contributed by atoms with E-state index < -0.39 is 12.0 Å². The third kappa shape index (κ3) is 2.22. The van der Waals surface area contributed by atoms with Crippen molar-refractivity contribution in [3.8, 4) is 0 Å². The van der Waals surface area contributed by atoms with Crippen molar-refractivity contribution in [1.82, 2.24) is 9.88 Å². The lowest BCUT2D eigenvalue weighted by molar-refractivity contribution is -0.141. The number of hydrogen-bond acceptors (Lipinski definition) is 2. The van der Waals surface area contributed by atoms with Crippen LogP contribution < -0.4 is 0 Å². The van der Waals surface area contributed by atoms with Crippen LogP contribution in [0.4, 0.5) is 0 Å². The summed E-state index contributed by atoms with van der Waals surface area (Å²) in [6.07, 6.45) is 6.57. The van der Waals surface area contributed by atoms with Gasteiger partial charge in [-0.1, -0.05) is 18.9 Å². The number of rotatable bonds is 2. The van der Waals surface area contributed by atoms with Crippen LogP contribution in [0.1, 0.15) is 42.5 Å². The molecule has 0 unspecified atom stereocenters. The summed E-state index contributed by atoms with van der Waals surface area (Å²) < 4.78 is 0. The van der Waals surface area contributed by atoms with Crippen LogP contribution in [0.3, 0.4) is 0 Å². The zero-order valence-corrected chi connectivity index (χ0v) is 12.9. The van der Waals surface area contributed by atoms with Crippen molar-refractivity contribution in [3.05, 3.63) is 36.0 Å². The molecule has 2 aromatic rings. The average molecular weight is 312 g/mol. The number of hydrogen-bond donors (Lipinski definition) is 2. The van der Waals surface area contributed by atoms with E-state index in [4.69, 9.17) is 0 Å². The monoisotopic (exact) mass is 312 g/mol. The van der Waals surface area contributed by atoms with Gasteiger partial charge in [0.2, 0.25) is 0 Å². The Morgan fingerprint density at radius 1 is 1.17 bits per heavy atom. The molecule has 23 heavy (non-hydrogen) atoms. The minimum absolute atomic E-state index is 0.0755. The van der Waals surface area contributed by atoms with Gasteiger partial charge in [0.15, 0.2) is 0 Å². The van der Waals surface area contributed by atoms with Crippen LogP contribution >= 0.6 is 0 Å². The van der Waals surface area contributed by atoms with Gasteiger partial charge < -0.3 is 15.0 Å². The Morgan fingerprint density at radius 3 is 2.83 bits per heavy atom. The van der Waals surface area contributed by atoms with E-state index in [0.29, 0.717) is 17.9 Å². The molecule has 0 radical (unpaired) electrons. The van der Waals surface area contributed by atoms with Crippen molar-refractivity contribution in [3.63, 3.8) is 0 Å². The van der Waals surface area contributed by atoms with Crippen LogP contribution in [0.15, 0.2) is 30.5 Å². The van der Waals surface area contributed by atoms with Crippen molar-refractivity contribution >= 4 is 22.8 Å². The zero-order valence-electron chi connectivity index (χ0n) is 12.9. The highest BCUT2D eigenvalue weighted by Crippen LogP contribution is 2.41. The number of nitrogens with zero attached hydrogens (tertiary/aromatic N) is 1. The summed E-state index contributed by atoms with van der Waals surface area (Å²) in [4.78, 5) is 29.7. The number of fused-ring (bicyclic) bond motifs is 2. The highest BCUT2D eigenvalue weighted by molar-refractivity contribution is 6.07. The second-order valence-corrected chi connectivity index (χ2v) is 6.66. The molecule has 120 valence electrons. The Labute approximate surface area is 134 Å².